The number of rotatable bonds is 6. The van der Waals surface area contributed by atoms with E-state index >= 15 is 0 Å². The molecule has 0 bridgehead atoms. The molecule has 8 rings (SSSR count). The fourth-order valence-electron chi connectivity index (χ4n) is 6.31. The van der Waals surface area contributed by atoms with Crippen molar-refractivity contribution in [3.05, 3.63) is 151 Å². The summed E-state index contributed by atoms with van der Waals surface area (Å²) >= 11 is 0. The SMILES string of the molecule is CC(C)Cc1cccc(C(C)C)c1-n1c(-c2[c-]ccc3c2oc2ccccc23)nc2ccccc21.[Ir].[c-]1ccccc1-c1ccccn1. The van der Waals surface area contributed by atoms with Crippen LogP contribution in [0.1, 0.15) is 44.7 Å². The molecule has 0 spiro atoms. The molecule has 0 unspecified atom stereocenters. The van der Waals surface area contributed by atoms with Crippen LogP contribution >= 0.6 is 0 Å². The van der Waals surface area contributed by atoms with Crippen molar-refractivity contribution >= 4 is 33.0 Å². The van der Waals surface area contributed by atoms with Crippen LogP contribution in [-0.2, 0) is 26.5 Å². The van der Waals surface area contributed by atoms with E-state index in [1.807, 2.05) is 60.7 Å². The maximum absolute atomic E-state index is 6.41. The second-order valence-corrected chi connectivity index (χ2v) is 12.6. The zero-order valence-corrected chi connectivity index (χ0v) is 30.0. The van der Waals surface area contributed by atoms with E-state index in [0.717, 1.165) is 62.0 Å². The van der Waals surface area contributed by atoms with Crippen molar-refractivity contribution in [2.75, 3.05) is 0 Å². The predicted molar refractivity (Wildman–Crippen MR) is 194 cm³/mol. The van der Waals surface area contributed by atoms with Gasteiger partial charge in [-0.1, -0.05) is 99.3 Å². The van der Waals surface area contributed by atoms with Crippen molar-refractivity contribution in [3.8, 4) is 28.3 Å². The fraction of sp³-hybridized carbons (Fsp3) is 0.163. The first kappa shape index (κ1) is 33.1. The summed E-state index contributed by atoms with van der Waals surface area (Å²) in [6.45, 7) is 9.09. The standard InChI is InChI=1S/C32H29N2O.C11H8N.Ir/c1-20(2)19-22-11-9-13-23(21(3)4)30(22)34-28-17-7-6-16-27(28)33-32(34)26-15-10-14-25-24-12-5-8-18-29(24)35-31(25)26;1-2-6-10(7-3-1)11-8-4-5-9-12-11;/h5-14,16-18,20-21H,19H2,1-4H3;1-6,8-9H;/q2*-1;. The van der Waals surface area contributed by atoms with Crippen molar-refractivity contribution in [2.45, 2.75) is 40.0 Å². The van der Waals surface area contributed by atoms with Crippen molar-refractivity contribution in [1.82, 2.24) is 14.5 Å². The number of para-hydroxylation sites is 4. The van der Waals surface area contributed by atoms with Crippen LogP contribution in [-0.4, -0.2) is 14.5 Å². The molecule has 0 aliphatic heterocycles. The second-order valence-electron chi connectivity index (χ2n) is 12.6. The van der Waals surface area contributed by atoms with Gasteiger partial charge in [-0.05, 0) is 59.3 Å². The minimum Gasteiger partial charge on any atom is -0.501 e. The van der Waals surface area contributed by atoms with Crippen LogP contribution in [0.15, 0.2) is 132 Å². The van der Waals surface area contributed by atoms with Gasteiger partial charge in [-0.15, -0.1) is 54.1 Å². The van der Waals surface area contributed by atoms with Crippen molar-refractivity contribution in [1.29, 1.82) is 0 Å². The van der Waals surface area contributed by atoms with E-state index in [2.05, 4.69) is 110 Å². The third-order valence-corrected chi connectivity index (χ3v) is 8.40. The molecule has 1 radical (unpaired) electrons. The zero-order chi connectivity index (χ0) is 32.3. The van der Waals surface area contributed by atoms with Gasteiger partial charge in [0.1, 0.15) is 5.58 Å². The molecule has 3 aromatic heterocycles. The van der Waals surface area contributed by atoms with Crippen molar-refractivity contribution in [3.63, 3.8) is 0 Å². The van der Waals surface area contributed by atoms with Crippen LogP contribution in [0.2, 0.25) is 0 Å². The molecule has 5 heteroatoms. The Hall–Kier alpha value is -4.83. The Balaban J connectivity index is 0.000000260. The Labute approximate surface area is 295 Å². The van der Waals surface area contributed by atoms with Crippen LogP contribution in [0, 0.1) is 18.1 Å². The molecule has 8 aromatic rings. The Morgan fingerprint density at radius 3 is 2.29 bits per heavy atom. The van der Waals surface area contributed by atoms with E-state index in [1.165, 1.54) is 16.8 Å². The monoisotopic (exact) mass is 804 g/mol. The van der Waals surface area contributed by atoms with E-state index in [9.17, 15) is 0 Å². The van der Waals surface area contributed by atoms with Gasteiger partial charge in [0.15, 0.2) is 0 Å². The number of benzene rings is 5. The molecule has 0 atom stereocenters. The minimum atomic E-state index is 0. The van der Waals surface area contributed by atoms with E-state index < -0.39 is 0 Å². The molecule has 0 fully saturated rings. The second kappa shape index (κ2) is 14.5. The average molecular weight is 804 g/mol. The van der Waals surface area contributed by atoms with Crippen molar-refractivity contribution in [2.24, 2.45) is 5.92 Å². The normalized spacial score (nSPS) is 11.2. The molecule has 0 saturated heterocycles. The fourth-order valence-corrected chi connectivity index (χ4v) is 6.31. The predicted octanol–water partition coefficient (Wildman–Crippen LogP) is 11.3. The molecule has 0 saturated carbocycles. The van der Waals surface area contributed by atoms with E-state index in [-0.39, 0.29) is 20.1 Å². The topological polar surface area (TPSA) is 43.9 Å². The summed E-state index contributed by atoms with van der Waals surface area (Å²) in [7, 11) is 0. The van der Waals surface area contributed by atoms with Gasteiger partial charge in [-0.3, -0.25) is 4.98 Å². The Morgan fingerprint density at radius 2 is 1.52 bits per heavy atom. The molecule has 0 aliphatic rings. The molecule has 0 amide bonds. The van der Waals surface area contributed by atoms with Gasteiger partial charge in [0, 0.05) is 37.4 Å². The van der Waals surface area contributed by atoms with Gasteiger partial charge >= 0.3 is 0 Å². The van der Waals surface area contributed by atoms with Crippen LogP contribution in [0.4, 0.5) is 0 Å². The van der Waals surface area contributed by atoms with Gasteiger partial charge in [-0.25, -0.2) is 0 Å². The van der Waals surface area contributed by atoms with Gasteiger partial charge in [0.25, 0.3) is 0 Å². The van der Waals surface area contributed by atoms with Crippen LogP contribution in [0.5, 0.6) is 0 Å². The third kappa shape index (κ3) is 6.49. The summed E-state index contributed by atoms with van der Waals surface area (Å²) in [5, 5.41) is 2.20. The number of nitrogens with zero attached hydrogens (tertiary/aromatic N) is 3. The maximum atomic E-state index is 6.41. The Bertz CT molecular complexity index is 2250. The number of aromatic nitrogens is 3. The number of hydrogen-bond donors (Lipinski definition) is 0. The summed E-state index contributed by atoms with van der Waals surface area (Å²) in [4.78, 5) is 9.39. The van der Waals surface area contributed by atoms with Crippen LogP contribution in [0.3, 0.4) is 0 Å². The molecule has 241 valence electrons. The average Bonchev–Trinajstić information content (AvgIpc) is 3.68. The number of hydrogen-bond acceptors (Lipinski definition) is 3. The van der Waals surface area contributed by atoms with Gasteiger partial charge in [0.05, 0.1) is 22.4 Å². The molecule has 4 nitrogen and oxygen atoms in total. The molecule has 3 heterocycles. The molecular weight excluding hydrogens is 767 g/mol. The summed E-state index contributed by atoms with van der Waals surface area (Å²) < 4.78 is 8.76. The Kier molecular flexibility index (Phi) is 10.0. The number of pyridine rings is 1. The molecule has 0 aliphatic carbocycles. The van der Waals surface area contributed by atoms with E-state index in [4.69, 9.17) is 9.40 Å². The first-order chi connectivity index (χ1) is 23.0. The van der Waals surface area contributed by atoms with Gasteiger partial charge in [-0.2, -0.15) is 0 Å². The Morgan fingerprint density at radius 1 is 0.729 bits per heavy atom. The number of furan rings is 1. The third-order valence-electron chi connectivity index (χ3n) is 8.40. The largest absolute Gasteiger partial charge is 0.501 e. The number of imidazole rings is 1. The van der Waals surface area contributed by atoms with E-state index in [1.54, 1.807) is 6.20 Å². The van der Waals surface area contributed by atoms with Crippen LogP contribution < -0.4 is 0 Å². The smallest absolute Gasteiger partial charge is 0.120 e. The summed E-state index contributed by atoms with van der Waals surface area (Å²) in [5.74, 6) is 1.78. The molecular formula is C43H37IrN3O-2. The first-order valence-corrected chi connectivity index (χ1v) is 16.3. The quantitative estimate of drug-likeness (QED) is 0.157. The molecule has 48 heavy (non-hydrogen) atoms. The van der Waals surface area contributed by atoms with E-state index in [0.29, 0.717) is 11.8 Å². The van der Waals surface area contributed by atoms with Crippen LogP contribution in [0.25, 0.3) is 61.3 Å². The van der Waals surface area contributed by atoms with Gasteiger partial charge in [0.2, 0.25) is 0 Å². The summed E-state index contributed by atoms with van der Waals surface area (Å²) in [6.07, 6.45) is 2.79. The maximum Gasteiger partial charge on any atom is 0.120 e. The number of fused-ring (bicyclic) bond motifs is 4. The molecule has 0 N–H and O–H groups in total. The zero-order valence-electron chi connectivity index (χ0n) is 27.6. The molecule has 5 aromatic carbocycles. The first-order valence-electron chi connectivity index (χ1n) is 16.3. The summed E-state index contributed by atoms with van der Waals surface area (Å²) in [5.41, 5.74) is 10.6. The van der Waals surface area contributed by atoms with Gasteiger partial charge < -0.3 is 14.0 Å². The van der Waals surface area contributed by atoms with Crippen molar-refractivity contribution < 1.29 is 24.5 Å². The minimum absolute atomic E-state index is 0. The summed E-state index contributed by atoms with van der Waals surface area (Å²) in [6, 6.07) is 47.7.